The molecule has 112 valence electrons. The first-order valence-corrected chi connectivity index (χ1v) is 9.65. The minimum atomic E-state index is 0.470. The summed E-state index contributed by atoms with van der Waals surface area (Å²) in [4.78, 5) is 0. The van der Waals surface area contributed by atoms with Crippen molar-refractivity contribution in [2.45, 2.75) is 5.33 Å². The molecule has 21 heavy (non-hydrogen) atoms. The summed E-state index contributed by atoms with van der Waals surface area (Å²) in [6.07, 6.45) is 0. The first kappa shape index (κ1) is 17.3. The van der Waals surface area contributed by atoms with E-state index in [0.717, 1.165) is 30.2 Å². The molecule has 0 amide bonds. The Balaban J connectivity index is 1.89. The van der Waals surface area contributed by atoms with Gasteiger partial charge in [-0.2, -0.15) is 0 Å². The van der Waals surface area contributed by atoms with Gasteiger partial charge in [0.2, 0.25) is 0 Å². The number of alkyl halides is 1. The van der Waals surface area contributed by atoms with Gasteiger partial charge in [0.1, 0.15) is 24.7 Å². The van der Waals surface area contributed by atoms with Crippen LogP contribution in [0.1, 0.15) is 5.56 Å². The van der Waals surface area contributed by atoms with Crippen LogP contribution in [0.5, 0.6) is 11.5 Å². The van der Waals surface area contributed by atoms with Gasteiger partial charge >= 0.3 is 0 Å². The smallest absolute Gasteiger partial charge is 0.147 e. The van der Waals surface area contributed by atoms with Crippen LogP contribution in [0.25, 0.3) is 0 Å². The van der Waals surface area contributed by atoms with Crippen molar-refractivity contribution >= 4 is 63.7 Å². The number of hydrogen-bond donors (Lipinski definition) is 0. The Kier molecular flexibility index (Phi) is 7.05. The minimum Gasteiger partial charge on any atom is -0.490 e. The van der Waals surface area contributed by atoms with Crippen molar-refractivity contribution in [1.82, 2.24) is 0 Å². The molecular weight excluding hydrogens is 532 g/mol. The van der Waals surface area contributed by atoms with Crippen LogP contribution < -0.4 is 9.47 Å². The molecule has 0 aliphatic rings. The van der Waals surface area contributed by atoms with Gasteiger partial charge in [0, 0.05) is 9.80 Å². The molecule has 2 aromatic carbocycles. The van der Waals surface area contributed by atoms with Crippen LogP contribution in [-0.2, 0) is 5.33 Å². The summed E-state index contributed by atoms with van der Waals surface area (Å²) in [6.45, 7) is 0.951. The Morgan fingerprint density at radius 2 is 1.52 bits per heavy atom. The highest BCUT2D eigenvalue weighted by Gasteiger charge is 2.08. The molecule has 0 N–H and O–H groups in total. The van der Waals surface area contributed by atoms with Crippen molar-refractivity contribution in [3.8, 4) is 11.5 Å². The lowest BCUT2D eigenvalue weighted by atomic mass is 10.2. The fourth-order valence-electron chi connectivity index (χ4n) is 1.69. The van der Waals surface area contributed by atoms with Crippen LogP contribution in [-0.4, -0.2) is 13.2 Å². The fourth-order valence-corrected chi connectivity index (χ4v) is 3.90. The maximum atomic E-state index is 5.77. The van der Waals surface area contributed by atoms with E-state index < -0.39 is 0 Å². The van der Waals surface area contributed by atoms with E-state index >= 15 is 0 Å². The zero-order valence-corrected chi connectivity index (χ0v) is 17.3. The van der Waals surface area contributed by atoms with Gasteiger partial charge in [0.15, 0.2) is 0 Å². The van der Waals surface area contributed by atoms with E-state index in [2.05, 4.69) is 63.7 Å². The van der Waals surface area contributed by atoms with E-state index in [0.29, 0.717) is 13.2 Å². The predicted molar refractivity (Wildman–Crippen MR) is 99.6 cm³/mol. The van der Waals surface area contributed by atoms with Gasteiger partial charge in [-0.1, -0.05) is 37.9 Å². The lowest BCUT2D eigenvalue weighted by Gasteiger charge is -2.12. The summed E-state index contributed by atoms with van der Waals surface area (Å²) >= 11 is 13.9. The fraction of sp³-hybridized carbons (Fsp3) is 0.200. The Bertz CT molecular complexity index is 593. The Morgan fingerprint density at radius 1 is 0.857 bits per heavy atom. The molecule has 2 rings (SSSR count). The molecule has 0 unspecified atom stereocenters. The summed E-state index contributed by atoms with van der Waals surface area (Å²) in [5.41, 5.74) is 1.17. The second kappa shape index (κ2) is 8.56. The van der Waals surface area contributed by atoms with E-state index in [9.17, 15) is 0 Å². The van der Waals surface area contributed by atoms with Gasteiger partial charge < -0.3 is 9.47 Å². The second-order valence-electron chi connectivity index (χ2n) is 4.18. The number of halogens is 4. The maximum absolute atomic E-state index is 5.77. The molecule has 0 radical (unpaired) electrons. The monoisotopic (exact) mass is 540 g/mol. The van der Waals surface area contributed by atoms with Gasteiger partial charge in [0.05, 0.1) is 8.95 Å². The SMILES string of the molecule is BrCc1cc(Br)c(OCCOc2cccc(Br)c2)c(Br)c1. The average Bonchev–Trinajstić information content (AvgIpc) is 2.45. The second-order valence-corrected chi connectivity index (χ2v) is 7.36. The molecule has 0 atom stereocenters. The third kappa shape index (κ3) is 5.27. The molecule has 0 spiro atoms. The molecular formula is C15H12Br4O2. The molecule has 0 bridgehead atoms. The van der Waals surface area contributed by atoms with Crippen LogP contribution in [0.3, 0.4) is 0 Å². The summed E-state index contributed by atoms with van der Waals surface area (Å²) < 4.78 is 14.3. The van der Waals surface area contributed by atoms with E-state index in [-0.39, 0.29) is 0 Å². The summed E-state index contributed by atoms with van der Waals surface area (Å²) in [5, 5.41) is 0.802. The Hall–Kier alpha value is -0.0400. The number of benzene rings is 2. The molecule has 2 aromatic rings. The number of hydrogen-bond acceptors (Lipinski definition) is 2. The van der Waals surface area contributed by atoms with Crippen molar-refractivity contribution in [3.63, 3.8) is 0 Å². The quantitative estimate of drug-likeness (QED) is 0.313. The zero-order valence-electron chi connectivity index (χ0n) is 10.9. The van der Waals surface area contributed by atoms with E-state index in [4.69, 9.17) is 9.47 Å². The van der Waals surface area contributed by atoms with Crippen LogP contribution in [0, 0.1) is 0 Å². The highest BCUT2D eigenvalue weighted by Crippen LogP contribution is 2.35. The van der Waals surface area contributed by atoms with Crippen molar-refractivity contribution in [2.24, 2.45) is 0 Å². The molecule has 0 heterocycles. The van der Waals surface area contributed by atoms with Crippen molar-refractivity contribution in [2.75, 3.05) is 13.2 Å². The minimum absolute atomic E-state index is 0.470. The third-order valence-electron chi connectivity index (χ3n) is 2.61. The molecule has 0 aliphatic carbocycles. The maximum Gasteiger partial charge on any atom is 0.147 e. The standard InChI is InChI=1S/C15H12Br4O2/c16-9-10-6-13(18)15(14(19)7-10)21-5-4-20-12-3-1-2-11(17)8-12/h1-3,6-8H,4-5,9H2. The topological polar surface area (TPSA) is 18.5 Å². The van der Waals surface area contributed by atoms with E-state index in [1.165, 1.54) is 5.56 Å². The highest BCUT2D eigenvalue weighted by molar-refractivity contribution is 9.11. The van der Waals surface area contributed by atoms with Gasteiger partial charge in [0.25, 0.3) is 0 Å². The van der Waals surface area contributed by atoms with Crippen molar-refractivity contribution < 1.29 is 9.47 Å². The van der Waals surface area contributed by atoms with Gasteiger partial charge in [-0.05, 0) is 67.8 Å². The lowest BCUT2D eigenvalue weighted by molar-refractivity contribution is 0.215. The van der Waals surface area contributed by atoms with Crippen LogP contribution in [0.2, 0.25) is 0 Å². The first-order valence-electron chi connectivity index (χ1n) is 6.15. The average molecular weight is 544 g/mol. The van der Waals surface area contributed by atoms with Crippen LogP contribution in [0.4, 0.5) is 0 Å². The van der Waals surface area contributed by atoms with Gasteiger partial charge in [-0.3, -0.25) is 0 Å². The van der Waals surface area contributed by atoms with E-state index in [1.54, 1.807) is 0 Å². The Labute approximate surface area is 157 Å². The molecule has 0 saturated carbocycles. The van der Waals surface area contributed by atoms with Gasteiger partial charge in [-0.15, -0.1) is 0 Å². The molecule has 0 aliphatic heterocycles. The highest BCUT2D eigenvalue weighted by atomic mass is 79.9. The molecule has 2 nitrogen and oxygen atoms in total. The first-order chi connectivity index (χ1) is 10.1. The Morgan fingerprint density at radius 3 is 2.14 bits per heavy atom. The van der Waals surface area contributed by atoms with Crippen molar-refractivity contribution in [1.29, 1.82) is 0 Å². The molecule has 0 saturated heterocycles. The molecule has 6 heteroatoms. The number of ether oxygens (including phenoxy) is 2. The zero-order chi connectivity index (χ0) is 15.2. The predicted octanol–water partition coefficient (Wildman–Crippen LogP) is 6.33. The van der Waals surface area contributed by atoms with Crippen LogP contribution >= 0.6 is 63.7 Å². The number of rotatable bonds is 6. The summed E-state index contributed by atoms with van der Waals surface area (Å²) in [7, 11) is 0. The lowest BCUT2D eigenvalue weighted by Crippen LogP contribution is -2.09. The summed E-state index contributed by atoms with van der Waals surface area (Å²) in [5.74, 6) is 1.61. The van der Waals surface area contributed by atoms with Gasteiger partial charge in [-0.25, -0.2) is 0 Å². The molecule has 0 aromatic heterocycles. The normalized spacial score (nSPS) is 10.5. The van der Waals surface area contributed by atoms with E-state index in [1.807, 2.05) is 36.4 Å². The largest absolute Gasteiger partial charge is 0.490 e. The summed E-state index contributed by atoms with van der Waals surface area (Å²) in [6, 6.07) is 11.8. The van der Waals surface area contributed by atoms with Crippen molar-refractivity contribution in [3.05, 3.63) is 55.4 Å². The molecule has 0 fully saturated rings. The third-order valence-corrected chi connectivity index (χ3v) is 4.93. The van der Waals surface area contributed by atoms with Crippen LogP contribution in [0.15, 0.2) is 49.8 Å².